The summed E-state index contributed by atoms with van der Waals surface area (Å²) in [6.45, 7) is 1.32. The average molecular weight is 156 g/mol. The third-order valence-corrected chi connectivity index (χ3v) is 1.35. The molecule has 0 saturated heterocycles. The van der Waals surface area contributed by atoms with Crippen LogP contribution in [-0.4, -0.2) is 4.98 Å². The van der Waals surface area contributed by atoms with Gasteiger partial charge in [-0.2, -0.15) is 0 Å². The largest absolute Gasteiger partial charge is 0.324 e. The van der Waals surface area contributed by atoms with E-state index >= 15 is 0 Å². The maximum atomic E-state index is 12.6. The molecule has 58 valence electrons. The molecular formula is C6H5FN2O2. The molecule has 0 unspecified atom stereocenters. The van der Waals surface area contributed by atoms with Crippen molar-refractivity contribution in [2.24, 2.45) is 5.18 Å². The predicted octanol–water partition coefficient (Wildman–Crippen LogP) is 1.22. The molecule has 0 radical (unpaired) electrons. The number of aromatic nitrogens is 1. The summed E-state index contributed by atoms with van der Waals surface area (Å²) in [5.74, 6) is -0.956. The van der Waals surface area contributed by atoms with Crippen LogP contribution in [0.3, 0.4) is 0 Å². The van der Waals surface area contributed by atoms with Crippen molar-refractivity contribution < 1.29 is 4.39 Å². The molecule has 1 heterocycles. The monoisotopic (exact) mass is 156 g/mol. The third kappa shape index (κ3) is 1.17. The van der Waals surface area contributed by atoms with Crippen molar-refractivity contribution in [1.29, 1.82) is 0 Å². The minimum atomic E-state index is -0.956. The first-order valence-electron chi connectivity index (χ1n) is 2.88. The van der Waals surface area contributed by atoms with E-state index < -0.39 is 11.4 Å². The Kier molecular flexibility index (Phi) is 1.80. The molecule has 0 aliphatic carbocycles. The SMILES string of the molecule is Cc1c(N=O)c[nH]c(=O)c1F. The van der Waals surface area contributed by atoms with Gasteiger partial charge in [0.1, 0.15) is 5.69 Å². The van der Waals surface area contributed by atoms with E-state index in [1.54, 1.807) is 0 Å². The lowest BCUT2D eigenvalue weighted by Crippen LogP contribution is -2.10. The van der Waals surface area contributed by atoms with Crippen molar-refractivity contribution in [3.8, 4) is 0 Å². The number of hydrogen-bond donors (Lipinski definition) is 1. The first-order valence-corrected chi connectivity index (χ1v) is 2.88. The van der Waals surface area contributed by atoms with E-state index in [0.717, 1.165) is 6.20 Å². The van der Waals surface area contributed by atoms with Crippen LogP contribution in [0.1, 0.15) is 5.56 Å². The molecule has 0 saturated carbocycles. The topological polar surface area (TPSA) is 62.3 Å². The summed E-state index contributed by atoms with van der Waals surface area (Å²) in [7, 11) is 0. The zero-order chi connectivity index (χ0) is 8.43. The van der Waals surface area contributed by atoms with Crippen LogP contribution in [0.4, 0.5) is 10.1 Å². The lowest BCUT2D eigenvalue weighted by molar-refractivity contribution is 0.599. The van der Waals surface area contributed by atoms with E-state index in [2.05, 4.69) is 5.18 Å². The van der Waals surface area contributed by atoms with Gasteiger partial charge >= 0.3 is 0 Å². The lowest BCUT2D eigenvalue weighted by atomic mass is 10.2. The Morgan fingerprint density at radius 1 is 1.64 bits per heavy atom. The van der Waals surface area contributed by atoms with Crippen molar-refractivity contribution in [3.05, 3.63) is 32.8 Å². The van der Waals surface area contributed by atoms with Crippen molar-refractivity contribution in [1.82, 2.24) is 4.98 Å². The Morgan fingerprint density at radius 2 is 2.27 bits per heavy atom. The summed E-state index contributed by atoms with van der Waals surface area (Å²) in [4.78, 5) is 22.5. The van der Waals surface area contributed by atoms with Crippen molar-refractivity contribution >= 4 is 5.69 Å². The number of H-pyrrole nitrogens is 1. The van der Waals surface area contributed by atoms with E-state index in [4.69, 9.17) is 0 Å². The molecule has 1 aromatic rings. The summed E-state index contributed by atoms with van der Waals surface area (Å²) < 4.78 is 12.6. The van der Waals surface area contributed by atoms with E-state index in [-0.39, 0.29) is 11.3 Å². The summed E-state index contributed by atoms with van der Waals surface area (Å²) in [6, 6.07) is 0. The molecule has 0 aliphatic rings. The second-order valence-corrected chi connectivity index (χ2v) is 2.03. The molecular weight excluding hydrogens is 151 g/mol. The number of nitrogens with zero attached hydrogens (tertiary/aromatic N) is 1. The van der Waals surface area contributed by atoms with E-state index in [9.17, 15) is 14.1 Å². The maximum Gasteiger partial charge on any atom is 0.284 e. The number of hydrogen-bond acceptors (Lipinski definition) is 3. The fourth-order valence-electron chi connectivity index (χ4n) is 0.683. The Balaban J connectivity index is 3.48. The molecule has 0 atom stereocenters. The zero-order valence-corrected chi connectivity index (χ0v) is 5.72. The fraction of sp³-hybridized carbons (Fsp3) is 0.167. The molecule has 0 aliphatic heterocycles. The minimum Gasteiger partial charge on any atom is -0.324 e. The van der Waals surface area contributed by atoms with Gasteiger partial charge in [0.05, 0.1) is 0 Å². The first-order chi connectivity index (χ1) is 5.16. The highest BCUT2D eigenvalue weighted by Crippen LogP contribution is 2.15. The highest BCUT2D eigenvalue weighted by atomic mass is 19.1. The number of aromatic amines is 1. The van der Waals surface area contributed by atoms with Crippen LogP contribution in [0.2, 0.25) is 0 Å². The lowest BCUT2D eigenvalue weighted by Gasteiger charge is -1.94. The van der Waals surface area contributed by atoms with Crippen LogP contribution in [0.15, 0.2) is 16.2 Å². The van der Waals surface area contributed by atoms with E-state index in [1.807, 2.05) is 4.98 Å². The first kappa shape index (κ1) is 7.59. The summed E-state index contributed by atoms with van der Waals surface area (Å²) in [5.41, 5.74) is -0.944. The van der Waals surface area contributed by atoms with Gasteiger partial charge in [0.15, 0.2) is 5.82 Å². The number of halogens is 1. The van der Waals surface area contributed by atoms with Gasteiger partial charge in [0, 0.05) is 11.8 Å². The molecule has 11 heavy (non-hydrogen) atoms. The van der Waals surface area contributed by atoms with Crippen LogP contribution in [0.5, 0.6) is 0 Å². The van der Waals surface area contributed by atoms with Crippen LogP contribution in [-0.2, 0) is 0 Å². The second-order valence-electron chi connectivity index (χ2n) is 2.03. The number of pyridine rings is 1. The molecule has 1 rings (SSSR count). The van der Waals surface area contributed by atoms with Crippen LogP contribution < -0.4 is 5.56 Å². The molecule has 1 aromatic heterocycles. The van der Waals surface area contributed by atoms with Crippen LogP contribution in [0.25, 0.3) is 0 Å². The smallest absolute Gasteiger partial charge is 0.284 e. The fourth-order valence-corrected chi connectivity index (χ4v) is 0.683. The molecule has 0 bridgehead atoms. The number of nitroso groups, excluding NO2 is 1. The normalized spacial score (nSPS) is 9.64. The van der Waals surface area contributed by atoms with Gasteiger partial charge in [-0.15, -0.1) is 4.91 Å². The quantitative estimate of drug-likeness (QED) is 0.621. The van der Waals surface area contributed by atoms with Crippen LogP contribution in [0, 0.1) is 17.6 Å². The standard InChI is InChI=1S/C6H5FN2O2/c1-3-4(9-11)2-8-6(10)5(3)7/h2H,1H3,(H,8,10). The van der Waals surface area contributed by atoms with Gasteiger partial charge in [0.2, 0.25) is 0 Å². The Morgan fingerprint density at radius 3 is 2.82 bits per heavy atom. The minimum absolute atomic E-state index is 0.0243. The highest BCUT2D eigenvalue weighted by Gasteiger charge is 2.07. The van der Waals surface area contributed by atoms with Crippen molar-refractivity contribution in [2.45, 2.75) is 6.92 Å². The maximum absolute atomic E-state index is 12.6. The number of nitrogens with one attached hydrogen (secondary N) is 1. The van der Waals surface area contributed by atoms with E-state index in [1.165, 1.54) is 6.92 Å². The van der Waals surface area contributed by atoms with Gasteiger partial charge < -0.3 is 4.98 Å². The number of rotatable bonds is 1. The Bertz CT molecular complexity index is 345. The Labute approximate surface area is 61.0 Å². The van der Waals surface area contributed by atoms with Crippen molar-refractivity contribution in [2.75, 3.05) is 0 Å². The average Bonchev–Trinajstić information content (AvgIpc) is 2.01. The van der Waals surface area contributed by atoms with Crippen molar-refractivity contribution in [3.63, 3.8) is 0 Å². The molecule has 5 heteroatoms. The third-order valence-electron chi connectivity index (χ3n) is 1.35. The van der Waals surface area contributed by atoms with Gasteiger partial charge in [-0.3, -0.25) is 4.79 Å². The molecule has 1 N–H and O–H groups in total. The van der Waals surface area contributed by atoms with Gasteiger partial charge in [0.25, 0.3) is 5.56 Å². The zero-order valence-electron chi connectivity index (χ0n) is 5.72. The van der Waals surface area contributed by atoms with E-state index in [0.29, 0.717) is 0 Å². The second kappa shape index (κ2) is 2.61. The molecule has 0 amide bonds. The van der Waals surface area contributed by atoms with Crippen LogP contribution >= 0.6 is 0 Å². The highest BCUT2D eigenvalue weighted by molar-refractivity contribution is 5.42. The molecule has 4 nitrogen and oxygen atoms in total. The Hall–Kier alpha value is -1.52. The van der Waals surface area contributed by atoms with Gasteiger partial charge in [-0.25, -0.2) is 4.39 Å². The predicted molar refractivity (Wildman–Crippen MR) is 37.2 cm³/mol. The summed E-state index contributed by atoms with van der Waals surface area (Å²) in [6.07, 6.45) is 1.08. The van der Waals surface area contributed by atoms with Gasteiger partial charge in [-0.05, 0) is 12.1 Å². The molecule has 0 aromatic carbocycles. The molecule has 0 fully saturated rings. The summed E-state index contributed by atoms with van der Waals surface area (Å²) in [5, 5.41) is 2.51. The molecule has 0 spiro atoms. The summed E-state index contributed by atoms with van der Waals surface area (Å²) >= 11 is 0. The van der Waals surface area contributed by atoms with Gasteiger partial charge in [-0.1, -0.05) is 0 Å².